The van der Waals surface area contributed by atoms with E-state index in [1.54, 1.807) is 32.0 Å². The van der Waals surface area contributed by atoms with Gasteiger partial charge in [-0.15, -0.1) is 0 Å². The van der Waals surface area contributed by atoms with E-state index < -0.39 is 11.9 Å². The Kier molecular flexibility index (Phi) is 5.69. The molecule has 0 spiro atoms. The SMILES string of the molecule is CCOC(=O)C1=C(C)OC(N)=C(C#N)C1c1ccc(-c2cc(F)ccc2C)cc1. The van der Waals surface area contributed by atoms with Gasteiger partial charge in [-0.25, -0.2) is 9.18 Å². The zero-order chi connectivity index (χ0) is 21.1. The van der Waals surface area contributed by atoms with Crippen LogP contribution in [0.2, 0.25) is 0 Å². The van der Waals surface area contributed by atoms with Crippen LogP contribution in [0, 0.1) is 24.1 Å². The van der Waals surface area contributed by atoms with Crippen molar-refractivity contribution in [1.82, 2.24) is 0 Å². The number of nitrogens with two attached hydrogens (primary N) is 1. The summed E-state index contributed by atoms with van der Waals surface area (Å²) in [5.41, 5.74) is 9.53. The first-order valence-corrected chi connectivity index (χ1v) is 9.19. The molecule has 29 heavy (non-hydrogen) atoms. The summed E-state index contributed by atoms with van der Waals surface area (Å²) in [5, 5.41) is 9.62. The van der Waals surface area contributed by atoms with Crippen molar-refractivity contribution in [1.29, 1.82) is 5.26 Å². The van der Waals surface area contributed by atoms with Crippen molar-refractivity contribution in [3.05, 3.63) is 82.2 Å². The van der Waals surface area contributed by atoms with Crippen LogP contribution < -0.4 is 5.73 Å². The first kappa shape index (κ1) is 20.2. The van der Waals surface area contributed by atoms with E-state index in [1.807, 2.05) is 19.1 Å². The molecule has 2 aromatic rings. The van der Waals surface area contributed by atoms with Crippen molar-refractivity contribution >= 4 is 5.97 Å². The van der Waals surface area contributed by atoms with Crippen molar-refractivity contribution in [2.75, 3.05) is 6.61 Å². The van der Waals surface area contributed by atoms with Crippen molar-refractivity contribution in [2.45, 2.75) is 26.7 Å². The molecule has 3 rings (SSSR count). The minimum absolute atomic E-state index is 0.0342. The molecule has 1 aliphatic rings. The number of esters is 1. The molecule has 0 aromatic heterocycles. The second kappa shape index (κ2) is 8.19. The van der Waals surface area contributed by atoms with Gasteiger partial charge in [-0.05, 0) is 55.2 Å². The van der Waals surface area contributed by atoms with E-state index >= 15 is 0 Å². The lowest BCUT2D eigenvalue weighted by Gasteiger charge is -2.27. The Bertz CT molecular complexity index is 1060. The molecule has 0 fully saturated rings. The molecule has 6 heteroatoms. The Labute approximate surface area is 168 Å². The predicted molar refractivity (Wildman–Crippen MR) is 107 cm³/mol. The minimum Gasteiger partial charge on any atom is -0.463 e. The normalized spacial score (nSPS) is 16.3. The second-order valence-corrected chi connectivity index (χ2v) is 6.70. The summed E-state index contributed by atoms with van der Waals surface area (Å²) in [6.07, 6.45) is 0. The average Bonchev–Trinajstić information content (AvgIpc) is 2.69. The van der Waals surface area contributed by atoms with Gasteiger partial charge in [-0.1, -0.05) is 30.3 Å². The molecular weight excluding hydrogens is 371 g/mol. The summed E-state index contributed by atoms with van der Waals surface area (Å²) in [6.45, 7) is 5.42. The fourth-order valence-electron chi connectivity index (χ4n) is 3.45. The van der Waals surface area contributed by atoms with Gasteiger partial charge in [0, 0.05) is 0 Å². The van der Waals surface area contributed by atoms with Gasteiger partial charge in [0.1, 0.15) is 23.2 Å². The molecule has 1 heterocycles. The van der Waals surface area contributed by atoms with E-state index in [2.05, 4.69) is 6.07 Å². The Balaban J connectivity index is 2.08. The third-order valence-electron chi connectivity index (χ3n) is 4.86. The molecule has 0 aliphatic carbocycles. The van der Waals surface area contributed by atoms with Crippen LogP contribution >= 0.6 is 0 Å². The molecule has 148 valence electrons. The van der Waals surface area contributed by atoms with Crippen LogP contribution in [0.25, 0.3) is 11.1 Å². The quantitative estimate of drug-likeness (QED) is 0.777. The van der Waals surface area contributed by atoms with Gasteiger partial charge in [-0.2, -0.15) is 5.26 Å². The molecule has 0 saturated heterocycles. The lowest BCUT2D eigenvalue weighted by Crippen LogP contribution is -2.25. The predicted octanol–water partition coefficient (Wildman–Crippen LogP) is 4.45. The highest BCUT2D eigenvalue weighted by atomic mass is 19.1. The van der Waals surface area contributed by atoms with Crippen LogP contribution in [0.15, 0.2) is 65.3 Å². The van der Waals surface area contributed by atoms with Crippen molar-refractivity contribution in [3.8, 4) is 17.2 Å². The molecular formula is C23H21FN2O3. The Morgan fingerprint density at radius 1 is 1.24 bits per heavy atom. The average molecular weight is 392 g/mol. The summed E-state index contributed by atoms with van der Waals surface area (Å²) in [4.78, 5) is 12.6. The second-order valence-electron chi connectivity index (χ2n) is 6.70. The Morgan fingerprint density at radius 3 is 2.55 bits per heavy atom. The van der Waals surface area contributed by atoms with Crippen LogP contribution in [-0.4, -0.2) is 12.6 Å². The number of halogens is 1. The lowest BCUT2D eigenvalue weighted by atomic mass is 9.82. The molecule has 0 amide bonds. The molecule has 1 aliphatic heterocycles. The number of allylic oxidation sites excluding steroid dienone is 2. The van der Waals surface area contributed by atoms with Gasteiger partial charge in [0.15, 0.2) is 0 Å². The molecule has 5 nitrogen and oxygen atoms in total. The van der Waals surface area contributed by atoms with Gasteiger partial charge < -0.3 is 15.2 Å². The number of nitriles is 1. The molecule has 2 N–H and O–H groups in total. The Morgan fingerprint density at radius 2 is 1.93 bits per heavy atom. The zero-order valence-corrected chi connectivity index (χ0v) is 16.5. The van der Waals surface area contributed by atoms with E-state index in [0.29, 0.717) is 11.3 Å². The summed E-state index contributed by atoms with van der Waals surface area (Å²) in [7, 11) is 0. The number of hydrogen-bond donors (Lipinski definition) is 1. The maximum atomic E-state index is 13.7. The van der Waals surface area contributed by atoms with Crippen molar-refractivity contribution in [3.63, 3.8) is 0 Å². The van der Waals surface area contributed by atoms with Gasteiger partial charge in [0.2, 0.25) is 5.88 Å². The fraction of sp³-hybridized carbons (Fsp3) is 0.217. The fourth-order valence-corrected chi connectivity index (χ4v) is 3.45. The first-order valence-electron chi connectivity index (χ1n) is 9.19. The number of carbonyl (C=O) groups is 1. The number of nitrogens with zero attached hydrogens (tertiary/aromatic N) is 1. The number of benzene rings is 2. The van der Waals surface area contributed by atoms with Gasteiger partial charge in [-0.3, -0.25) is 0 Å². The molecule has 1 atom stereocenters. The molecule has 2 aromatic carbocycles. The van der Waals surface area contributed by atoms with E-state index in [-0.39, 0.29) is 29.5 Å². The highest BCUT2D eigenvalue weighted by Crippen LogP contribution is 2.40. The van der Waals surface area contributed by atoms with Crippen LogP contribution in [0.4, 0.5) is 4.39 Å². The monoisotopic (exact) mass is 392 g/mol. The van der Waals surface area contributed by atoms with Crippen LogP contribution in [0.5, 0.6) is 0 Å². The molecule has 0 saturated carbocycles. The third kappa shape index (κ3) is 3.85. The van der Waals surface area contributed by atoms with Crippen molar-refractivity contribution < 1.29 is 18.7 Å². The lowest BCUT2D eigenvalue weighted by molar-refractivity contribution is -0.139. The highest BCUT2D eigenvalue weighted by Gasteiger charge is 2.36. The maximum Gasteiger partial charge on any atom is 0.338 e. The maximum absolute atomic E-state index is 13.7. The standard InChI is InChI=1S/C23H21FN2O3/c1-4-28-23(27)20-14(3)29-22(26)19(12-25)21(20)16-8-6-15(7-9-16)18-11-17(24)10-5-13(18)2/h5-11,21H,4,26H2,1-3H3. The van der Waals surface area contributed by atoms with Crippen LogP contribution in [0.1, 0.15) is 30.9 Å². The van der Waals surface area contributed by atoms with Crippen LogP contribution in [-0.2, 0) is 14.3 Å². The van der Waals surface area contributed by atoms with Crippen LogP contribution in [0.3, 0.4) is 0 Å². The number of aryl methyl sites for hydroxylation is 1. The highest BCUT2D eigenvalue weighted by molar-refractivity contribution is 5.92. The summed E-state index contributed by atoms with van der Waals surface area (Å²) in [6, 6.07) is 13.9. The largest absolute Gasteiger partial charge is 0.463 e. The third-order valence-corrected chi connectivity index (χ3v) is 4.86. The van der Waals surface area contributed by atoms with Crippen molar-refractivity contribution in [2.24, 2.45) is 5.73 Å². The topological polar surface area (TPSA) is 85.3 Å². The molecule has 0 bridgehead atoms. The van der Waals surface area contributed by atoms with E-state index in [9.17, 15) is 14.4 Å². The summed E-state index contributed by atoms with van der Waals surface area (Å²) in [5.74, 6) is -1.30. The zero-order valence-electron chi connectivity index (χ0n) is 16.5. The van der Waals surface area contributed by atoms with E-state index in [1.165, 1.54) is 12.1 Å². The van der Waals surface area contributed by atoms with Gasteiger partial charge >= 0.3 is 5.97 Å². The summed E-state index contributed by atoms with van der Waals surface area (Å²) < 4.78 is 24.2. The summed E-state index contributed by atoms with van der Waals surface area (Å²) >= 11 is 0. The first-order chi connectivity index (χ1) is 13.9. The number of carbonyl (C=O) groups excluding carboxylic acids is 1. The number of rotatable bonds is 4. The smallest absolute Gasteiger partial charge is 0.338 e. The van der Waals surface area contributed by atoms with Gasteiger partial charge in [0.25, 0.3) is 0 Å². The number of hydrogen-bond acceptors (Lipinski definition) is 5. The Hall–Kier alpha value is -3.59. The van der Waals surface area contributed by atoms with Gasteiger partial charge in [0.05, 0.1) is 18.1 Å². The molecule has 0 radical (unpaired) electrons. The number of ether oxygens (including phenoxy) is 2. The molecule has 1 unspecified atom stereocenters. The van der Waals surface area contributed by atoms with E-state index in [4.69, 9.17) is 15.2 Å². The van der Waals surface area contributed by atoms with E-state index in [0.717, 1.165) is 16.7 Å². The minimum atomic E-state index is -0.699.